The van der Waals surface area contributed by atoms with Gasteiger partial charge in [-0.25, -0.2) is 0 Å². The summed E-state index contributed by atoms with van der Waals surface area (Å²) in [7, 11) is 0. The van der Waals surface area contributed by atoms with E-state index in [9.17, 15) is 4.79 Å². The van der Waals surface area contributed by atoms with E-state index in [4.69, 9.17) is 0 Å². The summed E-state index contributed by atoms with van der Waals surface area (Å²) in [6, 6.07) is 7.76. The lowest BCUT2D eigenvalue weighted by Crippen LogP contribution is -1.94. The summed E-state index contributed by atoms with van der Waals surface area (Å²) in [5.41, 5.74) is 5.24. The maximum absolute atomic E-state index is 11.1. The Morgan fingerprint density at radius 2 is 2.15 bits per heavy atom. The molecule has 1 aromatic rings. The predicted octanol–water partition coefficient (Wildman–Crippen LogP) is 2.75. The first-order chi connectivity index (χ1) is 6.15. The zero-order valence-electron chi connectivity index (χ0n) is 7.92. The molecule has 0 bridgehead atoms. The first kappa shape index (κ1) is 9.50. The Morgan fingerprint density at radius 1 is 1.46 bits per heavy atom. The maximum atomic E-state index is 11.1. The van der Waals surface area contributed by atoms with Crippen LogP contribution in [0.25, 0.3) is 5.57 Å². The molecule has 66 valence electrons. The van der Waals surface area contributed by atoms with Crippen LogP contribution in [0.4, 0.5) is 0 Å². The van der Waals surface area contributed by atoms with Gasteiger partial charge in [0, 0.05) is 0 Å². The highest BCUT2D eigenvalue weighted by atomic mass is 16.1. The molecule has 13 heavy (non-hydrogen) atoms. The Morgan fingerprint density at radius 3 is 2.62 bits per heavy atom. The van der Waals surface area contributed by atoms with Crippen LogP contribution in [0.3, 0.4) is 0 Å². The SMILES string of the molecule is C=C=C(C(C)=O)c1cccc(C)c1. The molecule has 0 unspecified atom stereocenters. The molecule has 0 amide bonds. The topological polar surface area (TPSA) is 17.1 Å². The average molecular weight is 172 g/mol. The van der Waals surface area contributed by atoms with Crippen molar-refractivity contribution in [2.75, 3.05) is 0 Å². The molecule has 0 aromatic heterocycles. The standard InChI is InChI=1S/C12H12O/c1-4-12(10(3)13)11-7-5-6-9(2)8-11/h5-8H,1H2,2-3H3. The second-order valence-corrected chi connectivity index (χ2v) is 2.98. The van der Waals surface area contributed by atoms with Crippen molar-refractivity contribution in [3.05, 3.63) is 47.7 Å². The number of rotatable bonds is 2. The Hall–Kier alpha value is -1.59. The Balaban J connectivity index is 3.21. The van der Waals surface area contributed by atoms with Gasteiger partial charge in [0.2, 0.25) is 0 Å². The molecule has 1 heteroatoms. The number of hydrogen-bond acceptors (Lipinski definition) is 1. The molecule has 0 heterocycles. The Labute approximate surface area is 78.4 Å². The summed E-state index contributed by atoms with van der Waals surface area (Å²) in [5, 5.41) is 0. The van der Waals surface area contributed by atoms with E-state index >= 15 is 0 Å². The number of benzene rings is 1. The van der Waals surface area contributed by atoms with Crippen LogP contribution in [0, 0.1) is 6.92 Å². The summed E-state index contributed by atoms with van der Waals surface area (Å²) >= 11 is 0. The fraction of sp³-hybridized carbons (Fsp3) is 0.167. The van der Waals surface area contributed by atoms with Crippen molar-refractivity contribution in [3.8, 4) is 0 Å². The van der Waals surface area contributed by atoms with Crippen LogP contribution in [-0.2, 0) is 4.79 Å². The normalized spacial score (nSPS) is 9.08. The molecule has 0 N–H and O–H groups in total. The van der Waals surface area contributed by atoms with Crippen LogP contribution in [-0.4, -0.2) is 5.78 Å². The fourth-order valence-corrected chi connectivity index (χ4v) is 1.23. The van der Waals surface area contributed by atoms with Crippen molar-refractivity contribution in [3.63, 3.8) is 0 Å². The molecule has 0 spiro atoms. The highest BCUT2D eigenvalue weighted by Crippen LogP contribution is 2.14. The van der Waals surface area contributed by atoms with E-state index in [0.29, 0.717) is 5.57 Å². The highest BCUT2D eigenvalue weighted by molar-refractivity contribution is 6.19. The summed E-state index contributed by atoms with van der Waals surface area (Å²) in [6.07, 6.45) is 0. The highest BCUT2D eigenvalue weighted by Gasteiger charge is 2.04. The minimum absolute atomic E-state index is 0.000556. The molecule has 1 nitrogen and oxygen atoms in total. The van der Waals surface area contributed by atoms with Gasteiger partial charge in [0.1, 0.15) is 0 Å². The van der Waals surface area contributed by atoms with E-state index in [-0.39, 0.29) is 5.78 Å². The molecule has 1 aromatic carbocycles. The van der Waals surface area contributed by atoms with Gasteiger partial charge in [-0.3, -0.25) is 4.79 Å². The lowest BCUT2D eigenvalue weighted by Gasteiger charge is -2.01. The quantitative estimate of drug-likeness (QED) is 0.495. The van der Waals surface area contributed by atoms with Gasteiger partial charge in [0.05, 0.1) is 5.57 Å². The van der Waals surface area contributed by atoms with Crippen molar-refractivity contribution in [2.24, 2.45) is 0 Å². The Kier molecular flexibility index (Phi) is 2.84. The van der Waals surface area contributed by atoms with Crippen LogP contribution < -0.4 is 0 Å². The Bertz CT molecular complexity index is 382. The lowest BCUT2D eigenvalue weighted by atomic mass is 10.0. The van der Waals surface area contributed by atoms with E-state index in [2.05, 4.69) is 12.3 Å². The van der Waals surface area contributed by atoms with Crippen LogP contribution >= 0.6 is 0 Å². The molecule has 0 atom stereocenters. The first-order valence-corrected chi connectivity index (χ1v) is 4.13. The number of ketones is 1. The number of carbonyl (C=O) groups is 1. The first-order valence-electron chi connectivity index (χ1n) is 4.13. The summed E-state index contributed by atoms with van der Waals surface area (Å²) in [6.45, 7) is 7.02. The third-order valence-electron chi connectivity index (χ3n) is 1.84. The van der Waals surface area contributed by atoms with Crippen molar-refractivity contribution < 1.29 is 4.79 Å². The van der Waals surface area contributed by atoms with Crippen LogP contribution in [0.15, 0.2) is 36.6 Å². The second kappa shape index (κ2) is 3.88. The molecular weight excluding hydrogens is 160 g/mol. The van der Waals surface area contributed by atoms with E-state index in [1.807, 2.05) is 31.2 Å². The van der Waals surface area contributed by atoms with Crippen LogP contribution in [0.2, 0.25) is 0 Å². The fourth-order valence-electron chi connectivity index (χ4n) is 1.23. The van der Waals surface area contributed by atoms with Crippen molar-refractivity contribution >= 4 is 11.4 Å². The molecule has 0 aliphatic rings. The van der Waals surface area contributed by atoms with Gasteiger partial charge >= 0.3 is 0 Å². The number of hydrogen-bond donors (Lipinski definition) is 0. The van der Waals surface area contributed by atoms with Crippen molar-refractivity contribution in [2.45, 2.75) is 13.8 Å². The molecule has 0 saturated carbocycles. The van der Waals surface area contributed by atoms with Crippen LogP contribution in [0.5, 0.6) is 0 Å². The van der Waals surface area contributed by atoms with Gasteiger partial charge in [0.25, 0.3) is 0 Å². The van der Waals surface area contributed by atoms with E-state index in [1.54, 1.807) is 0 Å². The monoisotopic (exact) mass is 172 g/mol. The minimum atomic E-state index is 0.000556. The zero-order chi connectivity index (χ0) is 9.84. The smallest absolute Gasteiger partial charge is 0.168 e. The third-order valence-corrected chi connectivity index (χ3v) is 1.84. The molecule has 0 aliphatic heterocycles. The van der Waals surface area contributed by atoms with Crippen molar-refractivity contribution in [1.82, 2.24) is 0 Å². The lowest BCUT2D eigenvalue weighted by molar-refractivity contribution is -0.111. The number of aryl methyl sites for hydroxylation is 1. The zero-order valence-corrected chi connectivity index (χ0v) is 7.92. The number of carbonyl (C=O) groups excluding carboxylic acids is 1. The predicted molar refractivity (Wildman–Crippen MR) is 54.4 cm³/mol. The molecule has 0 saturated heterocycles. The van der Waals surface area contributed by atoms with Gasteiger partial charge in [0.15, 0.2) is 5.78 Å². The van der Waals surface area contributed by atoms with Crippen molar-refractivity contribution in [1.29, 1.82) is 0 Å². The molecule has 0 radical (unpaired) electrons. The van der Waals surface area contributed by atoms with Gasteiger partial charge in [-0.05, 0) is 19.4 Å². The number of allylic oxidation sites excluding steroid dienone is 1. The van der Waals surface area contributed by atoms with Gasteiger partial charge < -0.3 is 0 Å². The minimum Gasteiger partial charge on any atom is -0.294 e. The second-order valence-electron chi connectivity index (χ2n) is 2.98. The van der Waals surface area contributed by atoms with E-state index < -0.39 is 0 Å². The summed E-state index contributed by atoms with van der Waals surface area (Å²) in [4.78, 5) is 11.1. The van der Waals surface area contributed by atoms with E-state index in [0.717, 1.165) is 11.1 Å². The van der Waals surface area contributed by atoms with Gasteiger partial charge in [-0.15, -0.1) is 5.73 Å². The largest absolute Gasteiger partial charge is 0.294 e. The average Bonchev–Trinajstić information content (AvgIpc) is 2.04. The number of Topliss-reactive ketones (excluding diaryl/α,β-unsaturated/α-hetero) is 1. The van der Waals surface area contributed by atoms with Crippen LogP contribution in [0.1, 0.15) is 18.1 Å². The summed E-state index contributed by atoms with van der Waals surface area (Å²) in [5.74, 6) is 0.000556. The molecular formula is C12H12O. The molecule has 0 fully saturated rings. The molecule has 1 rings (SSSR count). The maximum Gasteiger partial charge on any atom is 0.168 e. The van der Waals surface area contributed by atoms with Gasteiger partial charge in [-0.1, -0.05) is 36.4 Å². The van der Waals surface area contributed by atoms with E-state index in [1.165, 1.54) is 6.92 Å². The summed E-state index contributed by atoms with van der Waals surface area (Å²) < 4.78 is 0. The third kappa shape index (κ3) is 2.17. The van der Waals surface area contributed by atoms with Gasteiger partial charge in [-0.2, -0.15) is 0 Å². The molecule has 0 aliphatic carbocycles.